The van der Waals surface area contributed by atoms with Crippen molar-refractivity contribution in [2.75, 3.05) is 21.3 Å². The van der Waals surface area contributed by atoms with E-state index >= 15 is 0 Å². The Morgan fingerprint density at radius 2 is 1.55 bits per heavy atom. The number of hydrogen-bond acceptors (Lipinski definition) is 4. The van der Waals surface area contributed by atoms with Crippen LogP contribution in [-0.4, -0.2) is 27.1 Å². The van der Waals surface area contributed by atoms with E-state index in [1.54, 1.807) is 56.7 Å². The highest BCUT2D eigenvalue weighted by Crippen LogP contribution is 2.27. The summed E-state index contributed by atoms with van der Waals surface area (Å²) in [6, 6.07) is 12.1. The zero-order valence-electron chi connectivity index (χ0n) is 11.7. The van der Waals surface area contributed by atoms with Crippen LogP contribution in [0.2, 0.25) is 0 Å². The number of hydrogen-bond donors (Lipinski definition) is 0. The minimum absolute atomic E-state index is 0.122. The van der Waals surface area contributed by atoms with Crippen molar-refractivity contribution in [3.8, 4) is 17.2 Å². The monoisotopic (exact) mass is 272 g/mol. The molecular formula is C16H16O4. The molecule has 0 fully saturated rings. The Hall–Kier alpha value is -2.49. The summed E-state index contributed by atoms with van der Waals surface area (Å²) in [5, 5.41) is 0. The van der Waals surface area contributed by atoms with Gasteiger partial charge >= 0.3 is 0 Å². The van der Waals surface area contributed by atoms with Crippen molar-refractivity contribution >= 4 is 5.78 Å². The van der Waals surface area contributed by atoms with E-state index in [0.717, 1.165) is 0 Å². The normalized spacial score (nSPS) is 9.95. The van der Waals surface area contributed by atoms with E-state index in [1.165, 1.54) is 7.11 Å². The van der Waals surface area contributed by atoms with Gasteiger partial charge in [-0.3, -0.25) is 4.79 Å². The minimum atomic E-state index is -0.122. The average molecular weight is 272 g/mol. The molecule has 0 spiro atoms. The molecule has 4 nitrogen and oxygen atoms in total. The fourth-order valence-electron chi connectivity index (χ4n) is 1.91. The van der Waals surface area contributed by atoms with E-state index in [1.807, 2.05) is 0 Å². The van der Waals surface area contributed by atoms with Crippen molar-refractivity contribution in [2.24, 2.45) is 0 Å². The Balaban J connectivity index is 2.42. The molecule has 0 radical (unpaired) electrons. The van der Waals surface area contributed by atoms with Gasteiger partial charge in [0.15, 0.2) is 5.78 Å². The van der Waals surface area contributed by atoms with E-state index in [2.05, 4.69) is 0 Å². The standard InChI is InChI=1S/C16H16O4/c1-18-12-6-4-5-11(9-12)16(17)14-8-7-13(19-2)10-15(14)20-3/h4-10H,1-3H3. The Labute approximate surface area is 117 Å². The molecule has 0 saturated heterocycles. The Bertz CT molecular complexity index is 620. The molecule has 104 valence electrons. The molecule has 0 aliphatic rings. The minimum Gasteiger partial charge on any atom is -0.497 e. The van der Waals surface area contributed by atoms with Crippen molar-refractivity contribution in [3.63, 3.8) is 0 Å². The van der Waals surface area contributed by atoms with Crippen LogP contribution in [0.15, 0.2) is 42.5 Å². The van der Waals surface area contributed by atoms with E-state index in [9.17, 15) is 4.79 Å². The van der Waals surface area contributed by atoms with Gasteiger partial charge in [-0.15, -0.1) is 0 Å². The van der Waals surface area contributed by atoms with Gasteiger partial charge in [-0.25, -0.2) is 0 Å². The van der Waals surface area contributed by atoms with Crippen LogP contribution in [0.4, 0.5) is 0 Å². The first-order chi connectivity index (χ1) is 9.69. The molecular weight excluding hydrogens is 256 g/mol. The molecule has 2 aromatic rings. The Morgan fingerprint density at radius 1 is 0.850 bits per heavy atom. The van der Waals surface area contributed by atoms with Gasteiger partial charge in [0.1, 0.15) is 17.2 Å². The van der Waals surface area contributed by atoms with Crippen LogP contribution in [0.5, 0.6) is 17.2 Å². The zero-order chi connectivity index (χ0) is 14.5. The van der Waals surface area contributed by atoms with Crippen molar-refractivity contribution in [2.45, 2.75) is 0 Å². The lowest BCUT2D eigenvalue weighted by Gasteiger charge is -2.10. The third-order valence-electron chi connectivity index (χ3n) is 2.99. The van der Waals surface area contributed by atoms with Crippen molar-refractivity contribution in [1.82, 2.24) is 0 Å². The fraction of sp³-hybridized carbons (Fsp3) is 0.188. The summed E-state index contributed by atoms with van der Waals surface area (Å²) in [5.41, 5.74) is 1.04. The predicted octanol–water partition coefficient (Wildman–Crippen LogP) is 2.94. The maximum absolute atomic E-state index is 12.5. The lowest BCUT2D eigenvalue weighted by molar-refractivity contribution is 0.103. The van der Waals surface area contributed by atoms with Crippen molar-refractivity contribution in [3.05, 3.63) is 53.6 Å². The molecule has 0 aliphatic heterocycles. The number of ketones is 1. The molecule has 0 unspecified atom stereocenters. The van der Waals surface area contributed by atoms with Crippen molar-refractivity contribution in [1.29, 1.82) is 0 Å². The van der Waals surface area contributed by atoms with Crippen LogP contribution in [0.3, 0.4) is 0 Å². The second-order valence-corrected chi connectivity index (χ2v) is 4.13. The van der Waals surface area contributed by atoms with Gasteiger partial charge in [-0.05, 0) is 24.3 Å². The van der Waals surface area contributed by atoms with Gasteiger partial charge in [0, 0.05) is 11.6 Å². The van der Waals surface area contributed by atoms with Crippen LogP contribution in [0, 0.1) is 0 Å². The van der Waals surface area contributed by atoms with Gasteiger partial charge in [0.05, 0.1) is 26.9 Å². The second-order valence-electron chi connectivity index (χ2n) is 4.13. The molecule has 0 atom stereocenters. The Morgan fingerprint density at radius 3 is 2.20 bits per heavy atom. The van der Waals surface area contributed by atoms with Gasteiger partial charge in [0.2, 0.25) is 0 Å². The molecule has 0 heterocycles. The second kappa shape index (κ2) is 6.10. The number of methoxy groups -OCH3 is 3. The van der Waals surface area contributed by atoms with Gasteiger partial charge in [-0.1, -0.05) is 12.1 Å². The fourth-order valence-corrected chi connectivity index (χ4v) is 1.91. The summed E-state index contributed by atoms with van der Waals surface area (Å²) in [7, 11) is 4.66. The molecule has 0 amide bonds. The highest BCUT2D eigenvalue weighted by atomic mass is 16.5. The van der Waals surface area contributed by atoms with Crippen LogP contribution < -0.4 is 14.2 Å². The van der Waals surface area contributed by atoms with E-state index in [0.29, 0.717) is 28.4 Å². The van der Waals surface area contributed by atoms with E-state index in [4.69, 9.17) is 14.2 Å². The van der Waals surface area contributed by atoms with Gasteiger partial charge < -0.3 is 14.2 Å². The van der Waals surface area contributed by atoms with Crippen LogP contribution in [-0.2, 0) is 0 Å². The third kappa shape index (κ3) is 2.74. The summed E-state index contributed by atoms with van der Waals surface area (Å²) >= 11 is 0. The lowest BCUT2D eigenvalue weighted by Crippen LogP contribution is -2.04. The number of rotatable bonds is 5. The van der Waals surface area contributed by atoms with Gasteiger partial charge in [0.25, 0.3) is 0 Å². The molecule has 0 saturated carbocycles. The number of carbonyl (C=O) groups is 1. The first-order valence-electron chi connectivity index (χ1n) is 6.10. The highest BCUT2D eigenvalue weighted by molar-refractivity contribution is 6.11. The molecule has 4 heteroatoms. The van der Waals surface area contributed by atoms with Crippen LogP contribution in [0.1, 0.15) is 15.9 Å². The van der Waals surface area contributed by atoms with E-state index in [-0.39, 0.29) is 5.78 Å². The quantitative estimate of drug-likeness (QED) is 0.785. The molecule has 2 aromatic carbocycles. The molecule has 0 N–H and O–H groups in total. The zero-order valence-corrected chi connectivity index (χ0v) is 11.7. The summed E-state index contributed by atoms with van der Waals surface area (Å²) < 4.78 is 15.5. The first-order valence-corrected chi connectivity index (χ1v) is 6.10. The summed E-state index contributed by atoms with van der Waals surface area (Å²) in [6.07, 6.45) is 0. The SMILES string of the molecule is COc1cccc(C(=O)c2ccc(OC)cc2OC)c1. The summed E-state index contributed by atoms with van der Waals surface area (Å²) in [4.78, 5) is 12.5. The largest absolute Gasteiger partial charge is 0.497 e. The summed E-state index contributed by atoms with van der Waals surface area (Å²) in [5.74, 6) is 1.65. The molecule has 0 aliphatic carbocycles. The summed E-state index contributed by atoms with van der Waals surface area (Å²) in [6.45, 7) is 0. The highest BCUT2D eigenvalue weighted by Gasteiger charge is 2.15. The van der Waals surface area contributed by atoms with Crippen LogP contribution >= 0.6 is 0 Å². The number of ether oxygens (including phenoxy) is 3. The average Bonchev–Trinajstić information content (AvgIpc) is 2.53. The number of benzene rings is 2. The number of carbonyl (C=O) groups excluding carboxylic acids is 1. The Kier molecular flexibility index (Phi) is 4.25. The maximum atomic E-state index is 12.5. The predicted molar refractivity (Wildman–Crippen MR) is 76.0 cm³/mol. The molecule has 0 bridgehead atoms. The topological polar surface area (TPSA) is 44.8 Å². The molecule has 2 rings (SSSR count). The van der Waals surface area contributed by atoms with Crippen LogP contribution in [0.25, 0.3) is 0 Å². The first kappa shape index (κ1) is 13.9. The molecule has 0 aromatic heterocycles. The van der Waals surface area contributed by atoms with E-state index < -0.39 is 0 Å². The smallest absolute Gasteiger partial charge is 0.196 e. The third-order valence-corrected chi connectivity index (χ3v) is 2.99. The maximum Gasteiger partial charge on any atom is 0.196 e. The van der Waals surface area contributed by atoms with Gasteiger partial charge in [-0.2, -0.15) is 0 Å². The van der Waals surface area contributed by atoms with Crippen molar-refractivity contribution < 1.29 is 19.0 Å². The molecule has 20 heavy (non-hydrogen) atoms. The lowest BCUT2D eigenvalue weighted by atomic mass is 10.0.